The average Bonchev–Trinajstić information content (AvgIpc) is 2.70. The summed E-state index contributed by atoms with van der Waals surface area (Å²) in [5.74, 6) is 0.727. The van der Waals surface area contributed by atoms with Gasteiger partial charge in [-0.25, -0.2) is 9.97 Å². The first-order valence-electron chi connectivity index (χ1n) is 8.32. The van der Waals surface area contributed by atoms with Crippen LogP contribution >= 0.6 is 0 Å². The molecule has 0 fully saturated rings. The summed E-state index contributed by atoms with van der Waals surface area (Å²) in [6, 6.07) is 16.2. The van der Waals surface area contributed by atoms with Crippen molar-refractivity contribution in [1.29, 1.82) is 5.26 Å². The third-order valence-corrected chi connectivity index (χ3v) is 3.63. The van der Waals surface area contributed by atoms with Gasteiger partial charge < -0.3 is 15.4 Å². The van der Waals surface area contributed by atoms with Gasteiger partial charge in [-0.2, -0.15) is 5.26 Å². The molecule has 0 unspecified atom stereocenters. The number of hydrogen-bond donors (Lipinski definition) is 2. The van der Waals surface area contributed by atoms with Gasteiger partial charge in [-0.1, -0.05) is 12.1 Å². The van der Waals surface area contributed by atoms with Gasteiger partial charge in [0.15, 0.2) is 0 Å². The molecule has 0 aliphatic carbocycles. The third-order valence-electron chi connectivity index (χ3n) is 3.63. The van der Waals surface area contributed by atoms with Crippen molar-refractivity contribution < 1.29 is 9.53 Å². The van der Waals surface area contributed by atoms with Crippen LogP contribution in [0.5, 0.6) is 5.75 Å². The van der Waals surface area contributed by atoms with Crippen LogP contribution in [0, 0.1) is 11.3 Å². The van der Waals surface area contributed by atoms with E-state index in [0.29, 0.717) is 35.1 Å². The number of nitrogens with zero attached hydrogens (tertiary/aromatic N) is 3. The van der Waals surface area contributed by atoms with Crippen LogP contribution < -0.4 is 15.4 Å². The molecule has 3 aromatic rings. The second kappa shape index (κ2) is 8.45. The highest BCUT2D eigenvalue weighted by Gasteiger charge is 2.09. The van der Waals surface area contributed by atoms with Crippen molar-refractivity contribution in [3.8, 4) is 11.8 Å². The van der Waals surface area contributed by atoms with Crippen LogP contribution in [0.4, 0.5) is 17.3 Å². The van der Waals surface area contributed by atoms with E-state index in [9.17, 15) is 4.79 Å². The number of nitriles is 1. The van der Waals surface area contributed by atoms with Gasteiger partial charge in [-0.05, 0) is 43.3 Å². The Morgan fingerprint density at radius 1 is 1.11 bits per heavy atom. The van der Waals surface area contributed by atoms with Gasteiger partial charge in [-0.3, -0.25) is 4.79 Å². The lowest BCUT2D eigenvalue weighted by Crippen LogP contribution is -2.13. The molecule has 0 saturated carbocycles. The molecule has 2 aromatic carbocycles. The zero-order chi connectivity index (χ0) is 19.1. The minimum atomic E-state index is -0.317. The molecule has 0 aliphatic rings. The maximum absolute atomic E-state index is 12.3. The number of anilines is 3. The molecule has 0 spiro atoms. The highest BCUT2D eigenvalue weighted by molar-refractivity contribution is 6.03. The van der Waals surface area contributed by atoms with Crippen molar-refractivity contribution in [2.45, 2.75) is 6.92 Å². The predicted molar refractivity (Wildman–Crippen MR) is 102 cm³/mol. The van der Waals surface area contributed by atoms with Crippen molar-refractivity contribution in [1.82, 2.24) is 9.97 Å². The number of carbonyl (C=O) groups excluding carboxylic acids is 1. The summed E-state index contributed by atoms with van der Waals surface area (Å²) in [4.78, 5) is 20.6. The fourth-order valence-corrected chi connectivity index (χ4v) is 2.32. The fourth-order valence-electron chi connectivity index (χ4n) is 2.32. The van der Waals surface area contributed by atoms with E-state index in [-0.39, 0.29) is 5.91 Å². The van der Waals surface area contributed by atoms with E-state index in [4.69, 9.17) is 10.00 Å². The number of hydrogen-bond acceptors (Lipinski definition) is 6. The van der Waals surface area contributed by atoms with E-state index in [1.165, 1.54) is 12.4 Å². The van der Waals surface area contributed by atoms with Gasteiger partial charge in [-0.15, -0.1) is 0 Å². The molecule has 0 saturated heterocycles. The molecule has 0 radical (unpaired) electrons. The Balaban J connectivity index is 1.66. The van der Waals surface area contributed by atoms with Crippen LogP contribution in [0.1, 0.15) is 22.8 Å². The van der Waals surface area contributed by atoms with Crippen molar-refractivity contribution >= 4 is 23.2 Å². The molecular formula is C20H17N5O2. The molecule has 2 N–H and O–H groups in total. The summed E-state index contributed by atoms with van der Waals surface area (Å²) in [6.07, 6.45) is 2.85. The smallest absolute Gasteiger partial charge is 0.258 e. The molecule has 1 heterocycles. The maximum Gasteiger partial charge on any atom is 0.258 e. The first-order valence-corrected chi connectivity index (χ1v) is 8.32. The lowest BCUT2D eigenvalue weighted by Gasteiger charge is -2.08. The van der Waals surface area contributed by atoms with Gasteiger partial charge >= 0.3 is 0 Å². The van der Waals surface area contributed by atoms with Crippen LogP contribution in [0.25, 0.3) is 0 Å². The quantitative estimate of drug-likeness (QED) is 0.695. The Labute approximate surface area is 156 Å². The zero-order valence-corrected chi connectivity index (χ0v) is 14.6. The van der Waals surface area contributed by atoms with Crippen LogP contribution in [0.2, 0.25) is 0 Å². The van der Waals surface area contributed by atoms with E-state index in [2.05, 4.69) is 26.7 Å². The van der Waals surface area contributed by atoms with Crippen molar-refractivity contribution in [2.24, 2.45) is 0 Å². The SMILES string of the molecule is CCOc1ccc(NC(=O)c2cnc(Nc3ccccc3C#N)nc2)cc1. The minimum Gasteiger partial charge on any atom is -0.494 e. The number of nitrogens with one attached hydrogen (secondary N) is 2. The molecule has 7 nitrogen and oxygen atoms in total. The molecule has 1 amide bonds. The van der Waals surface area contributed by atoms with Gasteiger partial charge in [0.2, 0.25) is 5.95 Å². The molecule has 0 aliphatic heterocycles. The lowest BCUT2D eigenvalue weighted by molar-refractivity contribution is 0.102. The largest absolute Gasteiger partial charge is 0.494 e. The molecule has 1 aromatic heterocycles. The zero-order valence-electron chi connectivity index (χ0n) is 14.6. The van der Waals surface area contributed by atoms with Crippen LogP contribution in [-0.2, 0) is 0 Å². The van der Waals surface area contributed by atoms with Gasteiger partial charge in [0, 0.05) is 18.1 Å². The molecule has 134 valence electrons. The molecule has 0 atom stereocenters. The van der Waals surface area contributed by atoms with Gasteiger partial charge in [0.05, 0.1) is 23.4 Å². The summed E-state index contributed by atoms with van der Waals surface area (Å²) in [7, 11) is 0. The standard InChI is InChI=1S/C20H17N5O2/c1-2-27-17-9-7-16(8-10-17)24-19(26)15-12-22-20(23-13-15)25-18-6-4-3-5-14(18)11-21/h3-10,12-13H,2H2,1H3,(H,24,26)(H,22,23,25). The molecular weight excluding hydrogens is 342 g/mol. The fraction of sp³-hybridized carbons (Fsp3) is 0.100. The highest BCUT2D eigenvalue weighted by atomic mass is 16.5. The van der Waals surface area contributed by atoms with Crippen LogP contribution in [0.3, 0.4) is 0 Å². The Morgan fingerprint density at radius 3 is 2.48 bits per heavy atom. The number of para-hydroxylation sites is 1. The normalized spacial score (nSPS) is 9.93. The molecule has 3 rings (SSSR count). The van der Waals surface area contributed by atoms with Crippen molar-refractivity contribution in [2.75, 3.05) is 17.2 Å². The van der Waals surface area contributed by atoms with Gasteiger partial charge in [0.1, 0.15) is 11.8 Å². The summed E-state index contributed by atoms with van der Waals surface area (Å²) in [5, 5.41) is 14.9. The summed E-state index contributed by atoms with van der Waals surface area (Å²) < 4.78 is 5.37. The second-order valence-corrected chi connectivity index (χ2v) is 5.49. The van der Waals surface area contributed by atoms with Gasteiger partial charge in [0.25, 0.3) is 5.91 Å². The van der Waals surface area contributed by atoms with Crippen LogP contribution in [-0.4, -0.2) is 22.5 Å². The maximum atomic E-state index is 12.3. The number of rotatable bonds is 6. The second-order valence-electron chi connectivity index (χ2n) is 5.49. The monoisotopic (exact) mass is 359 g/mol. The summed E-state index contributed by atoms with van der Waals surface area (Å²) in [5.41, 5.74) is 2.06. The Kier molecular flexibility index (Phi) is 5.60. The average molecular weight is 359 g/mol. The Hall–Kier alpha value is -3.92. The number of aromatic nitrogens is 2. The van der Waals surface area contributed by atoms with E-state index in [1.807, 2.05) is 13.0 Å². The summed E-state index contributed by atoms with van der Waals surface area (Å²) >= 11 is 0. The van der Waals surface area contributed by atoms with E-state index in [1.54, 1.807) is 42.5 Å². The molecule has 0 bridgehead atoms. The highest BCUT2D eigenvalue weighted by Crippen LogP contribution is 2.18. The number of benzene rings is 2. The molecule has 7 heteroatoms. The van der Waals surface area contributed by atoms with E-state index in [0.717, 1.165) is 5.75 Å². The minimum absolute atomic E-state index is 0.301. The first kappa shape index (κ1) is 17.9. The summed E-state index contributed by atoms with van der Waals surface area (Å²) in [6.45, 7) is 2.50. The predicted octanol–water partition coefficient (Wildman–Crippen LogP) is 3.74. The van der Waals surface area contributed by atoms with Crippen molar-refractivity contribution in [3.05, 3.63) is 72.1 Å². The van der Waals surface area contributed by atoms with E-state index >= 15 is 0 Å². The van der Waals surface area contributed by atoms with Crippen LogP contribution in [0.15, 0.2) is 60.9 Å². The Bertz CT molecular complexity index is 963. The Morgan fingerprint density at radius 2 is 1.81 bits per heavy atom. The third kappa shape index (κ3) is 4.58. The number of amides is 1. The lowest BCUT2D eigenvalue weighted by atomic mass is 10.2. The first-order chi connectivity index (χ1) is 13.2. The van der Waals surface area contributed by atoms with Crippen molar-refractivity contribution in [3.63, 3.8) is 0 Å². The van der Waals surface area contributed by atoms with E-state index < -0.39 is 0 Å². The number of carbonyl (C=O) groups is 1. The number of ether oxygens (including phenoxy) is 1. The molecule has 27 heavy (non-hydrogen) atoms. The topological polar surface area (TPSA) is 99.9 Å².